The number of anilines is 3. The lowest BCUT2D eigenvalue weighted by Crippen LogP contribution is -2.36. The average molecular weight is 459 g/mol. The van der Waals surface area contributed by atoms with Crippen molar-refractivity contribution in [2.45, 2.75) is 45.8 Å². The Labute approximate surface area is 201 Å². The van der Waals surface area contributed by atoms with E-state index < -0.39 is 0 Å². The normalized spacial score (nSPS) is 15.1. The fourth-order valence-corrected chi connectivity index (χ4v) is 4.91. The third-order valence-electron chi connectivity index (χ3n) is 6.25. The van der Waals surface area contributed by atoms with E-state index in [1.54, 1.807) is 0 Å². The van der Waals surface area contributed by atoms with Crippen LogP contribution in [0.3, 0.4) is 0 Å². The van der Waals surface area contributed by atoms with E-state index in [4.69, 9.17) is 22.2 Å². The monoisotopic (exact) mass is 458 g/mol. The van der Waals surface area contributed by atoms with E-state index in [2.05, 4.69) is 88.9 Å². The number of nitrogens with zero attached hydrogens (tertiary/aromatic N) is 4. The van der Waals surface area contributed by atoms with Crippen molar-refractivity contribution in [3.63, 3.8) is 0 Å². The number of thiocarbonyl (C=S) groups is 1. The molecule has 0 unspecified atom stereocenters. The molecule has 3 heterocycles. The zero-order valence-corrected chi connectivity index (χ0v) is 20.0. The summed E-state index contributed by atoms with van der Waals surface area (Å²) in [7, 11) is 0. The van der Waals surface area contributed by atoms with Gasteiger partial charge in [0, 0.05) is 38.3 Å². The van der Waals surface area contributed by atoms with Crippen molar-refractivity contribution < 1.29 is 0 Å². The lowest BCUT2D eigenvalue weighted by atomic mass is 9.99. The number of hydrogen-bond acceptors (Lipinski definition) is 5. The van der Waals surface area contributed by atoms with Gasteiger partial charge in [-0.2, -0.15) is 9.97 Å². The fourth-order valence-electron chi connectivity index (χ4n) is 4.58. The molecule has 0 atom stereocenters. The van der Waals surface area contributed by atoms with Gasteiger partial charge in [-0.1, -0.05) is 48.5 Å². The van der Waals surface area contributed by atoms with Gasteiger partial charge in [0.25, 0.3) is 0 Å². The maximum atomic E-state index is 5.49. The molecule has 7 heteroatoms. The van der Waals surface area contributed by atoms with E-state index in [1.807, 2.05) is 0 Å². The molecule has 1 aromatic heterocycles. The van der Waals surface area contributed by atoms with Crippen molar-refractivity contribution in [3.05, 3.63) is 76.9 Å². The second-order valence-electron chi connectivity index (χ2n) is 9.04. The van der Waals surface area contributed by atoms with Crippen LogP contribution < -0.4 is 20.4 Å². The van der Waals surface area contributed by atoms with Crippen LogP contribution in [0.4, 0.5) is 17.6 Å². The molecule has 2 N–H and O–H groups in total. The van der Waals surface area contributed by atoms with Crippen molar-refractivity contribution >= 4 is 34.9 Å². The van der Waals surface area contributed by atoms with Crippen LogP contribution in [0.5, 0.6) is 0 Å². The highest BCUT2D eigenvalue weighted by molar-refractivity contribution is 7.80. The van der Waals surface area contributed by atoms with Crippen LogP contribution in [0.25, 0.3) is 0 Å². The Hall–Kier alpha value is -3.19. The molecule has 0 aliphatic carbocycles. The highest BCUT2D eigenvalue weighted by atomic mass is 32.1. The Kier molecular flexibility index (Phi) is 6.13. The summed E-state index contributed by atoms with van der Waals surface area (Å²) in [5.41, 5.74) is 5.58. The standard InChI is InChI=1S/C26H30N6S/c1-18(2)27-26(33)30-25-28-23(31-13-11-19-7-3-5-9-21(19)16-31)15-24(29-25)32-14-12-20-8-4-6-10-22(20)17-32/h3-10,15,18H,11-14,16-17H2,1-2H3,(H2,27,28,29,30,33). The highest BCUT2D eigenvalue weighted by Gasteiger charge is 2.22. The van der Waals surface area contributed by atoms with E-state index >= 15 is 0 Å². The van der Waals surface area contributed by atoms with Gasteiger partial charge in [-0.05, 0) is 61.2 Å². The minimum Gasteiger partial charge on any atom is -0.360 e. The van der Waals surface area contributed by atoms with E-state index in [-0.39, 0.29) is 6.04 Å². The van der Waals surface area contributed by atoms with Gasteiger partial charge in [0.2, 0.25) is 5.95 Å². The van der Waals surface area contributed by atoms with Crippen molar-refractivity contribution in [2.75, 3.05) is 28.2 Å². The van der Waals surface area contributed by atoms with Crippen LogP contribution in [-0.2, 0) is 25.9 Å². The molecule has 3 aromatic rings. The van der Waals surface area contributed by atoms with Crippen LogP contribution in [0.2, 0.25) is 0 Å². The lowest BCUT2D eigenvalue weighted by Gasteiger charge is -2.33. The number of nitrogens with one attached hydrogen (secondary N) is 2. The van der Waals surface area contributed by atoms with Gasteiger partial charge in [-0.15, -0.1) is 0 Å². The zero-order valence-electron chi connectivity index (χ0n) is 19.2. The van der Waals surface area contributed by atoms with Crippen LogP contribution in [-0.4, -0.2) is 34.2 Å². The van der Waals surface area contributed by atoms with E-state index in [9.17, 15) is 0 Å². The van der Waals surface area contributed by atoms with Crippen LogP contribution in [0, 0.1) is 0 Å². The minimum absolute atomic E-state index is 0.241. The van der Waals surface area contributed by atoms with Crippen molar-refractivity contribution in [1.29, 1.82) is 0 Å². The average Bonchev–Trinajstić information content (AvgIpc) is 2.82. The molecule has 2 aromatic carbocycles. The summed E-state index contributed by atoms with van der Waals surface area (Å²) >= 11 is 5.49. The third-order valence-corrected chi connectivity index (χ3v) is 6.47. The second-order valence-corrected chi connectivity index (χ2v) is 9.45. The minimum atomic E-state index is 0.241. The second kappa shape index (κ2) is 9.35. The predicted octanol–water partition coefficient (Wildman–Crippen LogP) is 4.30. The molecule has 5 rings (SSSR count). The fraction of sp³-hybridized carbons (Fsp3) is 0.346. The predicted molar refractivity (Wildman–Crippen MR) is 139 cm³/mol. The number of fused-ring (bicyclic) bond motifs is 2. The molecule has 6 nitrogen and oxygen atoms in total. The first-order chi connectivity index (χ1) is 16.0. The quantitative estimate of drug-likeness (QED) is 0.566. The molecule has 0 saturated heterocycles. The molecule has 0 amide bonds. The largest absolute Gasteiger partial charge is 0.360 e. The zero-order chi connectivity index (χ0) is 22.8. The van der Waals surface area contributed by atoms with E-state index in [0.717, 1.165) is 50.7 Å². The Bertz CT molecular complexity index is 1090. The Morgan fingerprint density at radius 2 is 1.30 bits per heavy atom. The lowest BCUT2D eigenvalue weighted by molar-refractivity contribution is 0.705. The molecule has 0 spiro atoms. The van der Waals surface area contributed by atoms with E-state index in [1.165, 1.54) is 22.3 Å². The number of rotatable bonds is 4. The Balaban J connectivity index is 1.45. The molecule has 0 fully saturated rings. The highest BCUT2D eigenvalue weighted by Crippen LogP contribution is 2.29. The molecule has 0 radical (unpaired) electrons. The smallest absolute Gasteiger partial charge is 0.232 e. The summed E-state index contributed by atoms with van der Waals surface area (Å²) in [5.74, 6) is 2.41. The van der Waals surface area contributed by atoms with Gasteiger partial charge in [0.1, 0.15) is 11.6 Å². The number of benzene rings is 2. The van der Waals surface area contributed by atoms with Gasteiger partial charge >= 0.3 is 0 Å². The molecule has 2 aliphatic heterocycles. The van der Waals surface area contributed by atoms with Gasteiger partial charge in [0.05, 0.1) is 0 Å². The first kappa shape index (κ1) is 21.6. The van der Waals surface area contributed by atoms with Gasteiger partial charge < -0.3 is 20.4 Å². The summed E-state index contributed by atoms with van der Waals surface area (Å²) in [6, 6.07) is 19.7. The van der Waals surface area contributed by atoms with Crippen LogP contribution in [0.15, 0.2) is 54.6 Å². The summed E-state index contributed by atoms with van der Waals surface area (Å²) in [6.45, 7) is 7.70. The van der Waals surface area contributed by atoms with Gasteiger partial charge in [0.15, 0.2) is 5.11 Å². The SMILES string of the molecule is CC(C)NC(=S)Nc1nc(N2CCc3ccccc3C2)cc(N2CCc3ccccc3C2)n1. The first-order valence-corrected chi connectivity index (χ1v) is 12.1. The molecular formula is C26H30N6S. The van der Waals surface area contributed by atoms with E-state index in [0.29, 0.717) is 11.1 Å². The topological polar surface area (TPSA) is 56.3 Å². The maximum Gasteiger partial charge on any atom is 0.232 e. The first-order valence-electron chi connectivity index (χ1n) is 11.7. The third kappa shape index (κ3) is 4.93. The summed E-state index contributed by atoms with van der Waals surface area (Å²) in [4.78, 5) is 14.4. The van der Waals surface area contributed by atoms with Crippen molar-refractivity contribution in [2.24, 2.45) is 0 Å². The molecule has 0 bridgehead atoms. The molecule has 2 aliphatic rings. The summed E-state index contributed by atoms with van der Waals surface area (Å²) in [5, 5.41) is 6.99. The molecule has 33 heavy (non-hydrogen) atoms. The van der Waals surface area contributed by atoms with Crippen LogP contribution in [0.1, 0.15) is 36.1 Å². The summed E-state index contributed by atoms with van der Waals surface area (Å²) < 4.78 is 0. The van der Waals surface area contributed by atoms with Crippen LogP contribution >= 0.6 is 12.2 Å². The summed E-state index contributed by atoms with van der Waals surface area (Å²) in [6.07, 6.45) is 2.03. The molecule has 0 saturated carbocycles. The van der Waals surface area contributed by atoms with Crippen molar-refractivity contribution in [3.8, 4) is 0 Å². The Morgan fingerprint density at radius 3 is 1.79 bits per heavy atom. The van der Waals surface area contributed by atoms with Gasteiger partial charge in [-0.3, -0.25) is 0 Å². The maximum absolute atomic E-state index is 5.49. The number of aromatic nitrogens is 2. The molecule has 170 valence electrons. The van der Waals surface area contributed by atoms with Gasteiger partial charge in [-0.25, -0.2) is 0 Å². The number of hydrogen-bond donors (Lipinski definition) is 2. The Morgan fingerprint density at radius 1 is 0.818 bits per heavy atom. The molecular weight excluding hydrogens is 428 g/mol. The van der Waals surface area contributed by atoms with Crippen molar-refractivity contribution in [1.82, 2.24) is 15.3 Å².